The minimum atomic E-state index is -0.572. The number of carbonyl (C=O) groups is 1. The lowest BCUT2D eigenvalue weighted by atomic mass is 10.1. The molecule has 0 fully saturated rings. The molecule has 5 nitrogen and oxygen atoms in total. The lowest BCUT2D eigenvalue weighted by molar-refractivity contribution is 0.102. The summed E-state index contributed by atoms with van der Waals surface area (Å²) in [6.07, 6.45) is 0. The molecule has 138 valence electrons. The van der Waals surface area contributed by atoms with E-state index in [1.807, 2.05) is 0 Å². The van der Waals surface area contributed by atoms with Gasteiger partial charge in [0.25, 0.3) is 11.8 Å². The second kappa shape index (κ2) is 7.62. The third kappa shape index (κ3) is 3.77. The molecule has 0 spiro atoms. The topological polar surface area (TPSA) is 68.0 Å². The fourth-order valence-corrected chi connectivity index (χ4v) is 2.72. The molecule has 1 heterocycles. The van der Waals surface area contributed by atoms with Crippen molar-refractivity contribution in [1.29, 1.82) is 0 Å². The average molecular weight is 394 g/mol. The molecular formula is C21H13ClFN3O2. The van der Waals surface area contributed by atoms with Gasteiger partial charge in [0.15, 0.2) is 0 Å². The maximum absolute atomic E-state index is 13.7. The maximum Gasteiger partial charge on any atom is 0.258 e. The molecule has 4 rings (SSSR count). The standard InChI is InChI=1S/C21H13ClFN3O2/c22-15-9-5-13(6-10-15)19-25-21(28-26-19)14-7-11-16(12-8-14)24-20(27)17-3-1-2-4-18(17)23/h1-12H,(H,24,27). The summed E-state index contributed by atoms with van der Waals surface area (Å²) in [4.78, 5) is 16.5. The average Bonchev–Trinajstić information content (AvgIpc) is 3.19. The summed E-state index contributed by atoms with van der Waals surface area (Å²) < 4.78 is 19.0. The van der Waals surface area contributed by atoms with Crippen molar-refractivity contribution >= 4 is 23.2 Å². The van der Waals surface area contributed by atoms with Gasteiger partial charge in [-0.3, -0.25) is 4.79 Å². The van der Waals surface area contributed by atoms with Crippen LogP contribution in [0, 0.1) is 5.82 Å². The molecule has 28 heavy (non-hydrogen) atoms. The van der Waals surface area contributed by atoms with Crippen LogP contribution in [0.25, 0.3) is 22.8 Å². The van der Waals surface area contributed by atoms with Crippen LogP contribution >= 0.6 is 11.6 Å². The number of halogens is 2. The van der Waals surface area contributed by atoms with Crippen LogP contribution in [-0.2, 0) is 0 Å². The first-order chi connectivity index (χ1) is 13.6. The van der Waals surface area contributed by atoms with Crippen LogP contribution < -0.4 is 5.32 Å². The Labute approximate surface area is 164 Å². The SMILES string of the molecule is O=C(Nc1ccc(-c2nc(-c3ccc(Cl)cc3)no2)cc1)c1ccccc1F. The van der Waals surface area contributed by atoms with Crippen molar-refractivity contribution in [2.75, 3.05) is 5.32 Å². The highest BCUT2D eigenvalue weighted by Gasteiger charge is 2.13. The third-order valence-electron chi connectivity index (χ3n) is 4.04. The van der Waals surface area contributed by atoms with Crippen LogP contribution in [0.1, 0.15) is 10.4 Å². The Morgan fingerprint density at radius 2 is 1.61 bits per heavy atom. The smallest absolute Gasteiger partial charge is 0.258 e. The summed E-state index contributed by atoms with van der Waals surface area (Å²) in [6.45, 7) is 0. The van der Waals surface area contributed by atoms with Crippen molar-refractivity contribution in [2.45, 2.75) is 0 Å². The number of rotatable bonds is 4. The van der Waals surface area contributed by atoms with E-state index in [0.717, 1.165) is 5.56 Å². The van der Waals surface area contributed by atoms with E-state index in [0.29, 0.717) is 28.0 Å². The number of hydrogen-bond acceptors (Lipinski definition) is 4. The Morgan fingerprint density at radius 1 is 0.929 bits per heavy atom. The Hall–Kier alpha value is -3.51. The van der Waals surface area contributed by atoms with Crippen molar-refractivity contribution in [1.82, 2.24) is 10.1 Å². The van der Waals surface area contributed by atoms with Crippen LogP contribution in [0.15, 0.2) is 77.3 Å². The lowest BCUT2D eigenvalue weighted by Gasteiger charge is -2.06. The van der Waals surface area contributed by atoms with Gasteiger partial charge in [0.1, 0.15) is 5.82 Å². The van der Waals surface area contributed by atoms with Crippen LogP contribution in [-0.4, -0.2) is 16.0 Å². The minimum absolute atomic E-state index is 0.0175. The van der Waals surface area contributed by atoms with Gasteiger partial charge >= 0.3 is 0 Å². The molecule has 7 heteroatoms. The molecule has 0 saturated heterocycles. The fourth-order valence-electron chi connectivity index (χ4n) is 2.60. The van der Waals surface area contributed by atoms with Gasteiger partial charge in [-0.25, -0.2) is 4.39 Å². The minimum Gasteiger partial charge on any atom is -0.334 e. The van der Waals surface area contributed by atoms with Crippen molar-refractivity contribution < 1.29 is 13.7 Å². The first-order valence-corrected chi connectivity index (χ1v) is 8.74. The molecule has 0 radical (unpaired) electrons. The van der Waals surface area contributed by atoms with E-state index in [9.17, 15) is 9.18 Å². The first kappa shape index (κ1) is 17.9. The number of aromatic nitrogens is 2. The van der Waals surface area contributed by atoms with E-state index in [4.69, 9.17) is 16.1 Å². The van der Waals surface area contributed by atoms with Gasteiger partial charge in [-0.15, -0.1) is 0 Å². The summed E-state index contributed by atoms with van der Waals surface area (Å²) in [5, 5.41) is 7.25. The summed E-state index contributed by atoms with van der Waals surface area (Å²) in [6, 6.07) is 19.7. The molecule has 0 aliphatic rings. The molecule has 0 unspecified atom stereocenters. The number of anilines is 1. The van der Waals surface area contributed by atoms with Crippen LogP contribution in [0.5, 0.6) is 0 Å². The van der Waals surface area contributed by atoms with Crippen molar-refractivity contribution in [3.8, 4) is 22.8 Å². The van der Waals surface area contributed by atoms with E-state index in [1.165, 1.54) is 18.2 Å². The second-order valence-corrected chi connectivity index (χ2v) is 6.38. The van der Waals surface area contributed by atoms with Gasteiger partial charge < -0.3 is 9.84 Å². The highest BCUT2D eigenvalue weighted by Crippen LogP contribution is 2.24. The molecule has 4 aromatic rings. The fraction of sp³-hybridized carbons (Fsp3) is 0. The maximum atomic E-state index is 13.7. The molecule has 0 atom stereocenters. The van der Waals surface area contributed by atoms with Gasteiger partial charge in [-0.2, -0.15) is 4.98 Å². The number of hydrogen-bond donors (Lipinski definition) is 1. The highest BCUT2D eigenvalue weighted by molar-refractivity contribution is 6.30. The van der Waals surface area contributed by atoms with E-state index < -0.39 is 11.7 Å². The van der Waals surface area contributed by atoms with Crippen molar-refractivity contribution in [2.24, 2.45) is 0 Å². The van der Waals surface area contributed by atoms with Crippen molar-refractivity contribution in [3.05, 3.63) is 89.2 Å². The molecule has 0 saturated carbocycles. The Morgan fingerprint density at radius 3 is 2.32 bits per heavy atom. The van der Waals surface area contributed by atoms with E-state index in [2.05, 4.69) is 15.5 Å². The largest absolute Gasteiger partial charge is 0.334 e. The zero-order valence-electron chi connectivity index (χ0n) is 14.4. The van der Waals surface area contributed by atoms with Crippen LogP contribution in [0.2, 0.25) is 5.02 Å². The summed E-state index contributed by atoms with van der Waals surface area (Å²) >= 11 is 5.88. The molecular weight excluding hydrogens is 381 g/mol. The summed E-state index contributed by atoms with van der Waals surface area (Å²) in [7, 11) is 0. The van der Waals surface area contributed by atoms with Gasteiger partial charge in [0.05, 0.1) is 5.56 Å². The molecule has 0 aliphatic heterocycles. The van der Waals surface area contributed by atoms with Crippen molar-refractivity contribution in [3.63, 3.8) is 0 Å². The monoisotopic (exact) mass is 393 g/mol. The molecule has 1 aromatic heterocycles. The first-order valence-electron chi connectivity index (χ1n) is 8.36. The van der Waals surface area contributed by atoms with Crippen LogP contribution in [0.3, 0.4) is 0 Å². The second-order valence-electron chi connectivity index (χ2n) is 5.94. The molecule has 1 amide bonds. The Balaban J connectivity index is 1.50. The van der Waals surface area contributed by atoms with Gasteiger partial charge in [0, 0.05) is 21.8 Å². The van der Waals surface area contributed by atoms with E-state index >= 15 is 0 Å². The lowest BCUT2D eigenvalue weighted by Crippen LogP contribution is -2.13. The molecule has 1 N–H and O–H groups in total. The zero-order valence-corrected chi connectivity index (χ0v) is 15.2. The number of nitrogens with zero attached hydrogens (tertiary/aromatic N) is 2. The predicted octanol–water partition coefficient (Wildman–Crippen LogP) is 5.45. The molecule has 0 bridgehead atoms. The number of amides is 1. The Bertz CT molecular complexity index is 1130. The number of carbonyl (C=O) groups excluding carboxylic acids is 1. The van der Waals surface area contributed by atoms with E-state index in [1.54, 1.807) is 54.6 Å². The molecule has 3 aromatic carbocycles. The number of nitrogens with one attached hydrogen (secondary N) is 1. The predicted molar refractivity (Wildman–Crippen MR) is 105 cm³/mol. The zero-order chi connectivity index (χ0) is 19.5. The quantitative estimate of drug-likeness (QED) is 0.500. The van der Waals surface area contributed by atoms with Crippen LogP contribution in [0.4, 0.5) is 10.1 Å². The van der Waals surface area contributed by atoms with E-state index in [-0.39, 0.29) is 5.56 Å². The summed E-state index contributed by atoms with van der Waals surface area (Å²) in [5.74, 6) is -0.300. The third-order valence-corrected chi connectivity index (χ3v) is 4.29. The Kier molecular flexibility index (Phi) is 4.87. The molecule has 0 aliphatic carbocycles. The van der Waals surface area contributed by atoms with Gasteiger partial charge in [0.2, 0.25) is 5.82 Å². The summed E-state index contributed by atoms with van der Waals surface area (Å²) in [5.41, 5.74) is 1.98. The van der Waals surface area contributed by atoms with Gasteiger partial charge in [-0.1, -0.05) is 28.9 Å². The van der Waals surface area contributed by atoms with Gasteiger partial charge in [-0.05, 0) is 60.7 Å². The highest BCUT2D eigenvalue weighted by atomic mass is 35.5. The number of benzene rings is 3. The normalized spacial score (nSPS) is 10.6.